The van der Waals surface area contributed by atoms with Crippen molar-refractivity contribution >= 4 is 12.1 Å². The van der Waals surface area contributed by atoms with Crippen LogP contribution in [0.4, 0.5) is 13.2 Å². The lowest BCUT2D eigenvalue weighted by Crippen LogP contribution is -2.50. The lowest BCUT2D eigenvalue weighted by Gasteiger charge is -2.39. The van der Waals surface area contributed by atoms with Crippen molar-refractivity contribution in [1.82, 2.24) is 0 Å². The standard InChI is InChI=1S/C16H17F3O5/c1-15(2)22-9-11(14(24-15)13(21)8-20)7-10-3-5-12(6-4-10)23-16(17,18)19/h3-6,8,11,14H,7,9H2,1-2H3. The highest BCUT2D eigenvalue weighted by atomic mass is 19.4. The molecule has 24 heavy (non-hydrogen) atoms. The summed E-state index contributed by atoms with van der Waals surface area (Å²) in [4.78, 5) is 22.6. The first-order valence-corrected chi connectivity index (χ1v) is 7.25. The number of hydrogen-bond acceptors (Lipinski definition) is 5. The number of benzene rings is 1. The molecule has 0 bridgehead atoms. The number of aldehydes is 1. The third kappa shape index (κ3) is 5.04. The summed E-state index contributed by atoms with van der Waals surface area (Å²) in [7, 11) is 0. The number of ether oxygens (including phenoxy) is 3. The summed E-state index contributed by atoms with van der Waals surface area (Å²) in [5, 5.41) is 0. The molecule has 1 aromatic carbocycles. The molecular formula is C16H17F3O5. The number of hydrogen-bond donors (Lipinski definition) is 0. The maximum atomic E-state index is 12.1. The second-order valence-electron chi connectivity index (χ2n) is 5.93. The van der Waals surface area contributed by atoms with Crippen LogP contribution in [-0.4, -0.2) is 36.9 Å². The summed E-state index contributed by atoms with van der Waals surface area (Å²) < 4.78 is 51.2. The SMILES string of the molecule is CC1(C)OCC(Cc2ccc(OC(F)(F)F)cc2)C(C(=O)C=O)O1. The Balaban J connectivity index is 2.08. The molecule has 0 aromatic heterocycles. The lowest BCUT2D eigenvalue weighted by atomic mass is 9.91. The predicted molar refractivity (Wildman–Crippen MR) is 76.3 cm³/mol. The number of halogens is 3. The number of carbonyl (C=O) groups is 2. The average Bonchev–Trinajstić information content (AvgIpc) is 2.48. The van der Waals surface area contributed by atoms with Crippen molar-refractivity contribution in [2.75, 3.05) is 6.61 Å². The van der Waals surface area contributed by atoms with Crippen LogP contribution in [-0.2, 0) is 25.5 Å². The molecule has 8 heteroatoms. The van der Waals surface area contributed by atoms with Gasteiger partial charge in [0.05, 0.1) is 6.61 Å². The summed E-state index contributed by atoms with van der Waals surface area (Å²) >= 11 is 0. The Morgan fingerprint density at radius 1 is 1.33 bits per heavy atom. The third-order valence-electron chi connectivity index (χ3n) is 3.54. The van der Waals surface area contributed by atoms with Gasteiger partial charge in [-0.05, 0) is 38.0 Å². The van der Waals surface area contributed by atoms with Gasteiger partial charge in [-0.3, -0.25) is 9.59 Å². The van der Waals surface area contributed by atoms with Gasteiger partial charge in [0.15, 0.2) is 12.1 Å². The number of ketones is 1. The van der Waals surface area contributed by atoms with Crippen molar-refractivity contribution in [3.63, 3.8) is 0 Å². The molecule has 5 nitrogen and oxygen atoms in total. The summed E-state index contributed by atoms with van der Waals surface area (Å²) in [5.41, 5.74) is 0.671. The summed E-state index contributed by atoms with van der Waals surface area (Å²) in [6, 6.07) is 5.30. The van der Waals surface area contributed by atoms with Gasteiger partial charge >= 0.3 is 6.36 Å². The molecule has 0 spiro atoms. The van der Waals surface area contributed by atoms with Crippen molar-refractivity contribution in [3.05, 3.63) is 29.8 Å². The Morgan fingerprint density at radius 3 is 2.50 bits per heavy atom. The van der Waals surface area contributed by atoms with Crippen LogP contribution >= 0.6 is 0 Å². The van der Waals surface area contributed by atoms with Crippen LogP contribution in [0.25, 0.3) is 0 Å². The van der Waals surface area contributed by atoms with E-state index in [1.54, 1.807) is 13.8 Å². The van der Waals surface area contributed by atoms with Gasteiger partial charge in [-0.25, -0.2) is 0 Å². The largest absolute Gasteiger partial charge is 0.573 e. The maximum absolute atomic E-state index is 12.1. The van der Waals surface area contributed by atoms with E-state index in [4.69, 9.17) is 9.47 Å². The second kappa shape index (κ2) is 6.90. The first-order valence-electron chi connectivity index (χ1n) is 7.25. The van der Waals surface area contributed by atoms with Gasteiger partial charge in [-0.1, -0.05) is 12.1 Å². The van der Waals surface area contributed by atoms with E-state index < -0.39 is 30.0 Å². The third-order valence-corrected chi connectivity index (χ3v) is 3.54. The fourth-order valence-corrected chi connectivity index (χ4v) is 2.48. The molecule has 2 rings (SSSR count). The molecule has 1 heterocycles. The van der Waals surface area contributed by atoms with Crippen molar-refractivity contribution in [2.45, 2.75) is 38.5 Å². The van der Waals surface area contributed by atoms with Gasteiger partial charge in [0, 0.05) is 5.92 Å². The van der Waals surface area contributed by atoms with Gasteiger partial charge in [-0.15, -0.1) is 13.2 Å². The van der Waals surface area contributed by atoms with Crippen LogP contribution in [0.1, 0.15) is 19.4 Å². The summed E-state index contributed by atoms with van der Waals surface area (Å²) in [6.07, 6.45) is -5.18. The van der Waals surface area contributed by atoms with Crippen LogP contribution in [0.15, 0.2) is 24.3 Å². The normalized spacial score (nSPS) is 23.5. The number of carbonyl (C=O) groups excluding carboxylic acids is 2. The van der Waals surface area contributed by atoms with Gasteiger partial charge < -0.3 is 14.2 Å². The van der Waals surface area contributed by atoms with Crippen LogP contribution in [0.2, 0.25) is 0 Å². The number of alkyl halides is 3. The Bertz CT molecular complexity index is 595. The Kier molecular flexibility index (Phi) is 5.29. The number of Topliss-reactive ketones (excluding diaryl/α,β-unsaturated/α-hetero) is 1. The number of rotatable bonds is 5. The molecule has 1 aromatic rings. The average molecular weight is 346 g/mol. The molecule has 2 unspecified atom stereocenters. The van der Waals surface area contributed by atoms with E-state index in [1.165, 1.54) is 24.3 Å². The van der Waals surface area contributed by atoms with Crippen LogP contribution < -0.4 is 4.74 Å². The van der Waals surface area contributed by atoms with Crippen molar-refractivity contribution in [1.29, 1.82) is 0 Å². The van der Waals surface area contributed by atoms with E-state index in [0.717, 1.165) is 0 Å². The fourth-order valence-electron chi connectivity index (χ4n) is 2.48. The molecule has 1 fully saturated rings. The van der Waals surface area contributed by atoms with Crippen LogP contribution in [0.5, 0.6) is 5.75 Å². The molecule has 2 atom stereocenters. The summed E-state index contributed by atoms with van der Waals surface area (Å²) in [5.74, 6) is -2.41. The zero-order valence-corrected chi connectivity index (χ0v) is 13.1. The van der Waals surface area contributed by atoms with Crippen molar-refractivity contribution in [2.24, 2.45) is 5.92 Å². The zero-order valence-electron chi connectivity index (χ0n) is 13.1. The highest BCUT2D eigenvalue weighted by molar-refractivity contribution is 6.27. The highest BCUT2D eigenvalue weighted by Gasteiger charge is 2.40. The minimum atomic E-state index is -4.75. The Morgan fingerprint density at radius 2 is 1.96 bits per heavy atom. The van der Waals surface area contributed by atoms with Gasteiger partial charge in [0.2, 0.25) is 5.78 Å². The van der Waals surface area contributed by atoms with E-state index >= 15 is 0 Å². The first-order chi connectivity index (χ1) is 11.1. The van der Waals surface area contributed by atoms with Crippen LogP contribution in [0, 0.1) is 5.92 Å². The molecule has 0 N–H and O–H groups in total. The molecule has 1 aliphatic heterocycles. The molecular weight excluding hydrogens is 329 g/mol. The molecule has 0 saturated carbocycles. The van der Waals surface area contributed by atoms with Gasteiger partial charge in [-0.2, -0.15) is 0 Å². The van der Waals surface area contributed by atoms with E-state index in [-0.39, 0.29) is 18.6 Å². The molecule has 132 valence electrons. The van der Waals surface area contributed by atoms with E-state index in [9.17, 15) is 22.8 Å². The molecule has 0 radical (unpaired) electrons. The zero-order chi connectivity index (χ0) is 18.0. The second-order valence-corrected chi connectivity index (χ2v) is 5.93. The topological polar surface area (TPSA) is 61.8 Å². The minimum absolute atomic E-state index is 0.193. The molecule has 1 aliphatic rings. The van der Waals surface area contributed by atoms with Gasteiger partial charge in [0.25, 0.3) is 0 Å². The Labute approximate surface area is 136 Å². The highest BCUT2D eigenvalue weighted by Crippen LogP contribution is 2.30. The fraction of sp³-hybridized carbons (Fsp3) is 0.500. The predicted octanol–water partition coefficient (Wildman–Crippen LogP) is 2.66. The van der Waals surface area contributed by atoms with Crippen molar-refractivity contribution in [3.8, 4) is 5.75 Å². The smallest absolute Gasteiger partial charge is 0.406 e. The maximum Gasteiger partial charge on any atom is 0.573 e. The lowest BCUT2D eigenvalue weighted by molar-refractivity contribution is -0.284. The molecule has 0 aliphatic carbocycles. The summed E-state index contributed by atoms with van der Waals surface area (Å²) in [6.45, 7) is 3.47. The minimum Gasteiger partial charge on any atom is -0.406 e. The quantitative estimate of drug-likeness (QED) is 0.606. The molecule has 0 amide bonds. The van der Waals surface area contributed by atoms with Gasteiger partial charge in [0.1, 0.15) is 11.9 Å². The van der Waals surface area contributed by atoms with E-state index in [0.29, 0.717) is 12.0 Å². The first kappa shape index (κ1) is 18.4. The van der Waals surface area contributed by atoms with Crippen LogP contribution in [0.3, 0.4) is 0 Å². The van der Waals surface area contributed by atoms with E-state index in [1.807, 2.05) is 0 Å². The van der Waals surface area contributed by atoms with Crippen molar-refractivity contribution < 1.29 is 37.0 Å². The Hall–Kier alpha value is -1.93. The monoisotopic (exact) mass is 346 g/mol. The van der Waals surface area contributed by atoms with E-state index in [2.05, 4.69) is 4.74 Å². The molecule has 1 saturated heterocycles.